The average Bonchev–Trinajstić information content (AvgIpc) is 3.06. The van der Waals surface area contributed by atoms with Crippen LogP contribution >= 0.6 is 11.3 Å². The molecule has 1 aliphatic rings. The lowest BCUT2D eigenvalue weighted by Crippen LogP contribution is -2.09. The minimum absolute atomic E-state index is 0.221. The minimum atomic E-state index is 0.221. The highest BCUT2D eigenvalue weighted by Gasteiger charge is 2.48. The van der Waals surface area contributed by atoms with E-state index < -0.39 is 0 Å². The van der Waals surface area contributed by atoms with E-state index in [1.54, 1.807) is 11.3 Å². The van der Waals surface area contributed by atoms with Gasteiger partial charge in [-0.3, -0.25) is 0 Å². The van der Waals surface area contributed by atoms with Crippen molar-refractivity contribution in [1.82, 2.24) is 4.98 Å². The van der Waals surface area contributed by atoms with Crippen LogP contribution < -0.4 is 5.73 Å². The molecule has 3 rings (SSSR count). The summed E-state index contributed by atoms with van der Waals surface area (Å²) in [5.41, 5.74) is 8.35. The summed E-state index contributed by atoms with van der Waals surface area (Å²) in [5.74, 6) is 0. The van der Waals surface area contributed by atoms with Crippen molar-refractivity contribution in [3.8, 4) is 0 Å². The van der Waals surface area contributed by atoms with Crippen molar-refractivity contribution < 1.29 is 0 Å². The molecule has 0 amide bonds. The molecule has 1 saturated carbocycles. The molecule has 0 radical (unpaired) electrons. The Balaban J connectivity index is 1.92. The monoisotopic (exact) mass is 244 g/mol. The summed E-state index contributed by atoms with van der Waals surface area (Å²) < 4.78 is 0. The highest BCUT2D eigenvalue weighted by molar-refractivity contribution is 7.09. The fraction of sp³-hybridized carbons (Fsp3) is 0.357. The van der Waals surface area contributed by atoms with Crippen molar-refractivity contribution in [2.75, 3.05) is 6.54 Å². The summed E-state index contributed by atoms with van der Waals surface area (Å²) in [4.78, 5) is 4.75. The van der Waals surface area contributed by atoms with E-state index in [1.165, 1.54) is 23.4 Å². The Bertz CT molecular complexity index is 500. The molecule has 0 saturated heterocycles. The Labute approximate surface area is 106 Å². The second-order valence-corrected chi connectivity index (χ2v) is 5.49. The van der Waals surface area contributed by atoms with Crippen LogP contribution in [0.5, 0.6) is 0 Å². The molecular weight excluding hydrogens is 228 g/mol. The van der Waals surface area contributed by atoms with Gasteiger partial charge in [-0.05, 0) is 24.9 Å². The molecule has 1 heterocycles. The SMILES string of the molecule is NCCc1csc(C2(c3ccccc3)CC2)n1. The van der Waals surface area contributed by atoms with E-state index >= 15 is 0 Å². The Kier molecular flexibility index (Phi) is 2.73. The number of benzene rings is 1. The average molecular weight is 244 g/mol. The first-order chi connectivity index (χ1) is 8.35. The van der Waals surface area contributed by atoms with E-state index in [0.717, 1.165) is 12.1 Å². The number of aromatic nitrogens is 1. The molecule has 2 nitrogen and oxygen atoms in total. The maximum atomic E-state index is 5.57. The summed E-state index contributed by atoms with van der Waals surface area (Å²) in [6, 6.07) is 10.7. The molecule has 0 atom stereocenters. The van der Waals surface area contributed by atoms with Crippen molar-refractivity contribution in [3.63, 3.8) is 0 Å². The molecule has 1 aromatic carbocycles. The second-order valence-electron chi connectivity index (χ2n) is 4.63. The van der Waals surface area contributed by atoms with Gasteiger partial charge in [-0.25, -0.2) is 4.98 Å². The number of hydrogen-bond acceptors (Lipinski definition) is 3. The minimum Gasteiger partial charge on any atom is -0.330 e. The van der Waals surface area contributed by atoms with Crippen LogP contribution in [0.15, 0.2) is 35.7 Å². The van der Waals surface area contributed by atoms with E-state index in [-0.39, 0.29) is 5.41 Å². The quantitative estimate of drug-likeness (QED) is 0.898. The van der Waals surface area contributed by atoms with Gasteiger partial charge in [0.25, 0.3) is 0 Å². The highest BCUT2D eigenvalue weighted by atomic mass is 32.1. The third-order valence-corrected chi connectivity index (χ3v) is 4.53. The van der Waals surface area contributed by atoms with Gasteiger partial charge in [0.15, 0.2) is 0 Å². The van der Waals surface area contributed by atoms with Gasteiger partial charge in [0.2, 0.25) is 0 Å². The van der Waals surface area contributed by atoms with E-state index in [9.17, 15) is 0 Å². The number of rotatable bonds is 4. The topological polar surface area (TPSA) is 38.9 Å². The van der Waals surface area contributed by atoms with E-state index in [4.69, 9.17) is 10.7 Å². The number of nitrogens with zero attached hydrogens (tertiary/aromatic N) is 1. The first kappa shape index (κ1) is 10.9. The fourth-order valence-electron chi connectivity index (χ4n) is 2.30. The molecule has 2 aromatic rings. The zero-order chi connectivity index (χ0) is 11.7. The molecule has 0 aliphatic heterocycles. The third-order valence-electron chi connectivity index (χ3n) is 3.44. The van der Waals surface area contributed by atoms with Crippen molar-refractivity contribution in [3.05, 3.63) is 52.0 Å². The molecule has 88 valence electrons. The first-order valence-corrected chi connectivity index (χ1v) is 6.93. The second kappa shape index (κ2) is 4.24. The molecule has 0 spiro atoms. The predicted octanol–water partition coefficient (Wildman–Crippen LogP) is 2.72. The lowest BCUT2D eigenvalue weighted by atomic mass is 9.97. The fourth-order valence-corrected chi connectivity index (χ4v) is 3.43. The van der Waals surface area contributed by atoms with Gasteiger partial charge in [-0.1, -0.05) is 30.3 Å². The smallest absolute Gasteiger partial charge is 0.103 e. The van der Waals surface area contributed by atoms with Crippen LogP contribution in [-0.2, 0) is 11.8 Å². The maximum absolute atomic E-state index is 5.57. The molecular formula is C14H16N2S. The number of nitrogens with two attached hydrogens (primary N) is 1. The molecule has 1 aromatic heterocycles. The Morgan fingerprint density at radius 1 is 1.24 bits per heavy atom. The summed E-state index contributed by atoms with van der Waals surface area (Å²) in [6.07, 6.45) is 3.35. The summed E-state index contributed by atoms with van der Waals surface area (Å²) in [6.45, 7) is 0.682. The third kappa shape index (κ3) is 1.90. The first-order valence-electron chi connectivity index (χ1n) is 6.06. The van der Waals surface area contributed by atoms with Gasteiger partial charge in [0, 0.05) is 17.2 Å². The summed E-state index contributed by atoms with van der Waals surface area (Å²) >= 11 is 1.79. The lowest BCUT2D eigenvalue weighted by Gasteiger charge is -2.12. The molecule has 1 aliphatic carbocycles. The predicted molar refractivity (Wildman–Crippen MR) is 71.3 cm³/mol. The van der Waals surface area contributed by atoms with Crippen LogP contribution in [0.4, 0.5) is 0 Å². The Hall–Kier alpha value is -1.19. The zero-order valence-corrected chi connectivity index (χ0v) is 10.5. The van der Waals surface area contributed by atoms with E-state index in [1.807, 2.05) is 0 Å². The largest absolute Gasteiger partial charge is 0.330 e. The van der Waals surface area contributed by atoms with Crippen LogP contribution in [0, 0.1) is 0 Å². The van der Waals surface area contributed by atoms with Gasteiger partial charge < -0.3 is 5.73 Å². The number of hydrogen-bond donors (Lipinski definition) is 1. The van der Waals surface area contributed by atoms with Gasteiger partial charge >= 0.3 is 0 Å². The summed E-state index contributed by atoms with van der Waals surface area (Å²) in [5, 5.41) is 3.43. The van der Waals surface area contributed by atoms with E-state index in [2.05, 4.69) is 35.7 Å². The van der Waals surface area contributed by atoms with Crippen LogP contribution in [0.2, 0.25) is 0 Å². The standard InChI is InChI=1S/C14H16N2S/c15-9-6-12-10-17-13(16-12)14(7-8-14)11-4-2-1-3-5-11/h1-5,10H,6-9,15H2. The lowest BCUT2D eigenvalue weighted by molar-refractivity contribution is 0.815. The number of thiazole rings is 1. The molecule has 17 heavy (non-hydrogen) atoms. The molecule has 1 fully saturated rings. The van der Waals surface area contributed by atoms with Crippen molar-refractivity contribution in [2.24, 2.45) is 5.73 Å². The molecule has 0 unspecified atom stereocenters. The van der Waals surface area contributed by atoms with Crippen molar-refractivity contribution in [2.45, 2.75) is 24.7 Å². The van der Waals surface area contributed by atoms with Crippen molar-refractivity contribution in [1.29, 1.82) is 0 Å². The zero-order valence-electron chi connectivity index (χ0n) is 9.73. The van der Waals surface area contributed by atoms with Gasteiger partial charge in [0.05, 0.1) is 5.69 Å². The molecule has 2 N–H and O–H groups in total. The van der Waals surface area contributed by atoms with Gasteiger partial charge in [0.1, 0.15) is 5.01 Å². The van der Waals surface area contributed by atoms with Gasteiger partial charge in [-0.2, -0.15) is 0 Å². The van der Waals surface area contributed by atoms with Crippen molar-refractivity contribution >= 4 is 11.3 Å². The highest BCUT2D eigenvalue weighted by Crippen LogP contribution is 2.54. The van der Waals surface area contributed by atoms with E-state index in [0.29, 0.717) is 6.54 Å². The van der Waals surface area contributed by atoms with Crippen LogP contribution in [0.3, 0.4) is 0 Å². The Morgan fingerprint density at radius 3 is 2.65 bits per heavy atom. The van der Waals surface area contributed by atoms with Crippen LogP contribution in [-0.4, -0.2) is 11.5 Å². The molecule has 3 heteroatoms. The maximum Gasteiger partial charge on any atom is 0.103 e. The van der Waals surface area contributed by atoms with Crippen LogP contribution in [0.1, 0.15) is 29.1 Å². The molecule has 0 bridgehead atoms. The normalized spacial score (nSPS) is 17.0. The summed E-state index contributed by atoms with van der Waals surface area (Å²) in [7, 11) is 0. The van der Waals surface area contributed by atoms with Crippen LogP contribution in [0.25, 0.3) is 0 Å². The van der Waals surface area contributed by atoms with Gasteiger partial charge in [-0.15, -0.1) is 11.3 Å². The Morgan fingerprint density at radius 2 is 2.00 bits per heavy atom.